The Morgan fingerprint density at radius 2 is 1.88 bits per heavy atom. The average molecular weight is 233 g/mol. The maximum Gasteiger partial charge on any atom is 0.125 e. The fourth-order valence-corrected chi connectivity index (χ4v) is 2.03. The molecule has 0 bridgehead atoms. The maximum atomic E-state index is 4.38. The highest BCUT2D eigenvalue weighted by Gasteiger charge is 2.14. The van der Waals surface area contributed by atoms with Crippen molar-refractivity contribution in [3.8, 4) is 0 Å². The minimum Gasteiger partial charge on any atom is -0.338 e. The van der Waals surface area contributed by atoms with Gasteiger partial charge in [0.1, 0.15) is 11.6 Å². The molecule has 5 heteroatoms. The highest BCUT2D eigenvalue weighted by Crippen LogP contribution is 2.16. The molecule has 2 aromatic rings. The van der Waals surface area contributed by atoms with Gasteiger partial charge in [0.2, 0.25) is 0 Å². The number of aromatic nitrogens is 4. The largest absolute Gasteiger partial charge is 0.338 e. The molecule has 1 N–H and O–H groups in total. The van der Waals surface area contributed by atoms with Gasteiger partial charge in [0.25, 0.3) is 0 Å². The van der Waals surface area contributed by atoms with E-state index in [1.807, 2.05) is 45.9 Å². The second-order valence-corrected chi connectivity index (χ2v) is 4.23. The first-order chi connectivity index (χ1) is 8.22. The molecule has 2 heterocycles. The number of nitrogens with zero attached hydrogens (tertiary/aromatic N) is 4. The Bertz CT molecular complexity index is 471. The van der Waals surface area contributed by atoms with Crippen molar-refractivity contribution >= 4 is 0 Å². The minimum atomic E-state index is 0.270. The lowest BCUT2D eigenvalue weighted by atomic mass is 10.1. The maximum absolute atomic E-state index is 4.38. The van der Waals surface area contributed by atoms with E-state index in [9.17, 15) is 0 Å². The van der Waals surface area contributed by atoms with Gasteiger partial charge in [0.15, 0.2) is 0 Å². The number of hydrogen-bond acceptors (Lipinski definition) is 3. The van der Waals surface area contributed by atoms with Crippen LogP contribution in [0.4, 0.5) is 0 Å². The number of rotatable bonds is 5. The Kier molecular flexibility index (Phi) is 3.58. The van der Waals surface area contributed by atoms with Crippen LogP contribution in [0.5, 0.6) is 0 Å². The Morgan fingerprint density at radius 3 is 2.41 bits per heavy atom. The molecular formula is C12H19N5. The van der Waals surface area contributed by atoms with Crippen LogP contribution < -0.4 is 5.32 Å². The van der Waals surface area contributed by atoms with Crippen LogP contribution in [0.1, 0.15) is 24.1 Å². The van der Waals surface area contributed by atoms with Crippen molar-refractivity contribution < 1.29 is 0 Å². The molecule has 0 spiro atoms. The summed E-state index contributed by atoms with van der Waals surface area (Å²) in [5.74, 6) is 2.18. The van der Waals surface area contributed by atoms with Gasteiger partial charge in [-0.05, 0) is 13.5 Å². The third-order valence-electron chi connectivity index (χ3n) is 3.10. The van der Waals surface area contributed by atoms with Crippen LogP contribution in [0.2, 0.25) is 0 Å². The Morgan fingerprint density at radius 1 is 1.18 bits per heavy atom. The lowest BCUT2D eigenvalue weighted by molar-refractivity contribution is 0.496. The summed E-state index contributed by atoms with van der Waals surface area (Å²) in [5.41, 5.74) is 0. The predicted molar refractivity (Wildman–Crippen MR) is 66.5 cm³/mol. The molecule has 0 aliphatic heterocycles. The third-order valence-corrected chi connectivity index (χ3v) is 3.10. The summed E-state index contributed by atoms with van der Waals surface area (Å²) in [4.78, 5) is 8.72. The molecule has 0 radical (unpaired) electrons. The van der Waals surface area contributed by atoms with Crippen molar-refractivity contribution in [2.24, 2.45) is 14.1 Å². The lowest BCUT2D eigenvalue weighted by Crippen LogP contribution is -2.21. The summed E-state index contributed by atoms with van der Waals surface area (Å²) < 4.78 is 4.12. The number of hydrogen-bond donors (Lipinski definition) is 1. The third kappa shape index (κ3) is 2.55. The number of imidazole rings is 2. The average Bonchev–Trinajstić information content (AvgIpc) is 2.90. The van der Waals surface area contributed by atoms with Gasteiger partial charge in [-0.15, -0.1) is 0 Å². The van der Waals surface area contributed by atoms with Gasteiger partial charge in [0.05, 0.1) is 6.04 Å². The molecule has 0 amide bonds. The van der Waals surface area contributed by atoms with Crippen LogP contribution in [-0.4, -0.2) is 26.1 Å². The van der Waals surface area contributed by atoms with Crippen molar-refractivity contribution in [1.29, 1.82) is 0 Å². The topological polar surface area (TPSA) is 47.7 Å². The zero-order valence-corrected chi connectivity index (χ0v) is 10.6. The molecule has 2 rings (SSSR count). The van der Waals surface area contributed by atoms with E-state index in [0.29, 0.717) is 0 Å². The van der Waals surface area contributed by atoms with Crippen molar-refractivity contribution in [2.45, 2.75) is 18.9 Å². The zero-order chi connectivity index (χ0) is 12.3. The molecule has 0 saturated heterocycles. The standard InChI is InChI=1S/C12H19N5/c1-13-10(12-15-7-9-17(12)3)4-5-11-14-6-8-16(11)2/h6-10,13H,4-5H2,1-3H3. The molecule has 0 aromatic carbocycles. The van der Waals surface area contributed by atoms with E-state index >= 15 is 0 Å². The smallest absolute Gasteiger partial charge is 0.125 e. The predicted octanol–water partition coefficient (Wildman–Crippen LogP) is 1.05. The number of nitrogens with one attached hydrogen (secondary N) is 1. The summed E-state index contributed by atoms with van der Waals surface area (Å²) in [6.45, 7) is 0. The molecular weight excluding hydrogens is 214 g/mol. The van der Waals surface area contributed by atoms with Crippen molar-refractivity contribution in [1.82, 2.24) is 24.4 Å². The first kappa shape index (κ1) is 11.9. The van der Waals surface area contributed by atoms with Gasteiger partial charge in [-0.25, -0.2) is 9.97 Å². The molecule has 0 aliphatic rings. The van der Waals surface area contributed by atoms with E-state index in [1.165, 1.54) is 0 Å². The first-order valence-electron chi connectivity index (χ1n) is 5.83. The minimum absolute atomic E-state index is 0.270. The van der Waals surface area contributed by atoms with Crippen LogP contribution in [-0.2, 0) is 20.5 Å². The zero-order valence-electron chi connectivity index (χ0n) is 10.6. The molecule has 1 atom stereocenters. The number of aryl methyl sites for hydroxylation is 3. The van der Waals surface area contributed by atoms with E-state index < -0.39 is 0 Å². The summed E-state index contributed by atoms with van der Waals surface area (Å²) >= 11 is 0. The Hall–Kier alpha value is -1.62. The van der Waals surface area contributed by atoms with Crippen LogP contribution in [0.25, 0.3) is 0 Å². The molecule has 0 aliphatic carbocycles. The van der Waals surface area contributed by atoms with E-state index in [-0.39, 0.29) is 6.04 Å². The van der Waals surface area contributed by atoms with E-state index in [2.05, 4.69) is 24.4 Å². The lowest BCUT2D eigenvalue weighted by Gasteiger charge is -2.15. The van der Waals surface area contributed by atoms with E-state index in [4.69, 9.17) is 0 Å². The van der Waals surface area contributed by atoms with Gasteiger partial charge in [-0.3, -0.25) is 0 Å². The highest BCUT2D eigenvalue weighted by molar-refractivity contribution is 5.00. The first-order valence-corrected chi connectivity index (χ1v) is 5.83. The SMILES string of the molecule is CNC(CCc1nccn1C)c1nccn1C. The van der Waals surface area contributed by atoms with Crippen LogP contribution in [0.15, 0.2) is 24.8 Å². The van der Waals surface area contributed by atoms with Crippen LogP contribution in [0, 0.1) is 0 Å². The molecule has 17 heavy (non-hydrogen) atoms. The van der Waals surface area contributed by atoms with Gasteiger partial charge in [-0.2, -0.15) is 0 Å². The fourth-order valence-electron chi connectivity index (χ4n) is 2.03. The molecule has 0 saturated carbocycles. The van der Waals surface area contributed by atoms with E-state index in [0.717, 1.165) is 24.5 Å². The Balaban J connectivity index is 2.02. The fraction of sp³-hybridized carbons (Fsp3) is 0.500. The van der Waals surface area contributed by atoms with Crippen molar-refractivity contribution in [2.75, 3.05) is 7.05 Å². The van der Waals surface area contributed by atoms with E-state index in [1.54, 1.807) is 0 Å². The molecule has 1 unspecified atom stereocenters. The quantitative estimate of drug-likeness (QED) is 0.839. The second-order valence-electron chi connectivity index (χ2n) is 4.23. The van der Waals surface area contributed by atoms with Gasteiger partial charge >= 0.3 is 0 Å². The van der Waals surface area contributed by atoms with Crippen LogP contribution >= 0.6 is 0 Å². The second kappa shape index (κ2) is 5.14. The van der Waals surface area contributed by atoms with Gasteiger partial charge in [-0.1, -0.05) is 0 Å². The van der Waals surface area contributed by atoms with Crippen molar-refractivity contribution in [3.05, 3.63) is 36.4 Å². The molecule has 2 aromatic heterocycles. The van der Waals surface area contributed by atoms with Crippen molar-refractivity contribution in [3.63, 3.8) is 0 Å². The summed E-state index contributed by atoms with van der Waals surface area (Å²) in [7, 11) is 6.02. The summed E-state index contributed by atoms with van der Waals surface area (Å²) in [6.07, 6.45) is 9.56. The van der Waals surface area contributed by atoms with Crippen LogP contribution in [0.3, 0.4) is 0 Å². The Labute approximate surface area is 102 Å². The molecule has 92 valence electrons. The van der Waals surface area contributed by atoms with Gasteiger partial charge < -0.3 is 14.5 Å². The van der Waals surface area contributed by atoms with Gasteiger partial charge in [0, 0.05) is 45.3 Å². The molecule has 0 fully saturated rings. The normalized spacial score (nSPS) is 12.9. The molecule has 5 nitrogen and oxygen atoms in total. The summed E-state index contributed by atoms with van der Waals surface area (Å²) in [5, 5.41) is 3.31. The highest BCUT2D eigenvalue weighted by atomic mass is 15.1. The monoisotopic (exact) mass is 233 g/mol. The summed E-state index contributed by atoms with van der Waals surface area (Å²) in [6, 6.07) is 0.270.